The highest BCUT2D eigenvalue weighted by Crippen LogP contribution is 2.32. The molecule has 1 amide bonds. The Hall–Kier alpha value is -2.27. The van der Waals surface area contributed by atoms with Gasteiger partial charge in [-0.1, -0.05) is 18.2 Å². The van der Waals surface area contributed by atoms with Crippen molar-refractivity contribution in [1.29, 1.82) is 0 Å². The summed E-state index contributed by atoms with van der Waals surface area (Å²) in [7, 11) is 0. The zero-order valence-electron chi connectivity index (χ0n) is 13.4. The summed E-state index contributed by atoms with van der Waals surface area (Å²) in [6, 6.07) is 10.5. The maximum Gasteiger partial charge on any atom is 0.253 e. The van der Waals surface area contributed by atoms with Crippen molar-refractivity contribution in [2.45, 2.75) is 6.54 Å². The number of aromatic nitrogens is 1. The zero-order valence-corrected chi connectivity index (χ0v) is 13.4. The van der Waals surface area contributed by atoms with Gasteiger partial charge in [-0.25, -0.2) is 4.39 Å². The van der Waals surface area contributed by atoms with Gasteiger partial charge in [0.1, 0.15) is 5.82 Å². The van der Waals surface area contributed by atoms with E-state index in [1.807, 2.05) is 17.0 Å². The molecule has 0 aliphatic carbocycles. The molecule has 2 aromatic rings. The van der Waals surface area contributed by atoms with E-state index in [1.165, 1.54) is 6.07 Å². The summed E-state index contributed by atoms with van der Waals surface area (Å²) in [5, 5.41) is 0. The number of benzene rings is 1. The summed E-state index contributed by atoms with van der Waals surface area (Å²) in [5.41, 5.74) is 1.45. The topological polar surface area (TPSA) is 36.4 Å². The second-order valence-corrected chi connectivity index (χ2v) is 6.75. The van der Waals surface area contributed by atoms with Gasteiger partial charge in [-0.3, -0.25) is 14.7 Å². The molecule has 2 aliphatic heterocycles. The molecule has 0 radical (unpaired) electrons. The smallest absolute Gasteiger partial charge is 0.253 e. The summed E-state index contributed by atoms with van der Waals surface area (Å²) in [6.45, 7) is 4.09. The highest BCUT2D eigenvalue weighted by molar-refractivity contribution is 5.94. The molecule has 2 aliphatic rings. The summed E-state index contributed by atoms with van der Waals surface area (Å²) < 4.78 is 13.8. The number of nitrogens with zero attached hydrogens (tertiary/aromatic N) is 3. The van der Waals surface area contributed by atoms with Crippen LogP contribution in [0.2, 0.25) is 0 Å². The maximum absolute atomic E-state index is 13.8. The van der Waals surface area contributed by atoms with E-state index in [1.54, 1.807) is 30.6 Å². The van der Waals surface area contributed by atoms with Crippen molar-refractivity contribution >= 4 is 5.91 Å². The third-order valence-corrected chi connectivity index (χ3v) is 5.13. The highest BCUT2D eigenvalue weighted by Gasteiger charge is 2.41. The number of rotatable bonds is 3. The first-order valence-electron chi connectivity index (χ1n) is 8.36. The van der Waals surface area contributed by atoms with Crippen LogP contribution in [0.1, 0.15) is 15.9 Å². The van der Waals surface area contributed by atoms with E-state index in [0.717, 1.165) is 31.7 Å². The molecular formula is C19H20FN3O. The number of halogens is 1. The Bertz CT molecular complexity index is 722. The number of pyridine rings is 1. The molecule has 2 fully saturated rings. The van der Waals surface area contributed by atoms with Crippen LogP contribution in [0.5, 0.6) is 0 Å². The molecule has 0 spiro atoms. The van der Waals surface area contributed by atoms with Gasteiger partial charge in [-0.2, -0.15) is 0 Å². The summed E-state index contributed by atoms with van der Waals surface area (Å²) >= 11 is 0. The fourth-order valence-corrected chi connectivity index (χ4v) is 3.93. The third-order valence-electron chi connectivity index (χ3n) is 5.13. The molecule has 2 saturated heterocycles. The van der Waals surface area contributed by atoms with Crippen LogP contribution in [0.15, 0.2) is 48.8 Å². The first-order valence-corrected chi connectivity index (χ1v) is 8.36. The van der Waals surface area contributed by atoms with Crippen LogP contribution < -0.4 is 0 Å². The van der Waals surface area contributed by atoms with Gasteiger partial charge in [0, 0.05) is 56.2 Å². The van der Waals surface area contributed by atoms with Crippen molar-refractivity contribution in [3.63, 3.8) is 0 Å². The fraction of sp³-hybridized carbons (Fsp3) is 0.368. The number of hydrogen-bond donors (Lipinski definition) is 0. The molecule has 0 bridgehead atoms. The van der Waals surface area contributed by atoms with Crippen molar-refractivity contribution in [2.24, 2.45) is 11.8 Å². The standard InChI is InChI=1S/C19H20FN3O/c20-18-4-2-1-3-15(18)9-22-10-16-12-23(13-17(16)11-22)19(24)14-5-7-21-8-6-14/h1-8,16-17H,9-13H2/t16-,17+. The second-order valence-electron chi connectivity index (χ2n) is 6.75. The molecule has 24 heavy (non-hydrogen) atoms. The molecule has 3 heterocycles. The Morgan fingerprint density at radius 2 is 1.71 bits per heavy atom. The van der Waals surface area contributed by atoms with E-state index in [-0.39, 0.29) is 11.7 Å². The van der Waals surface area contributed by atoms with Gasteiger partial charge in [-0.05, 0) is 30.0 Å². The van der Waals surface area contributed by atoms with Crippen LogP contribution in [0.4, 0.5) is 4.39 Å². The lowest BCUT2D eigenvalue weighted by atomic mass is 10.0. The molecule has 1 aromatic carbocycles. The van der Waals surface area contributed by atoms with Gasteiger partial charge in [-0.15, -0.1) is 0 Å². The number of likely N-dealkylation sites (tertiary alicyclic amines) is 2. The molecule has 4 nitrogen and oxygen atoms in total. The minimum absolute atomic E-state index is 0.0902. The maximum atomic E-state index is 13.8. The molecule has 1 aromatic heterocycles. The molecule has 5 heteroatoms. The van der Waals surface area contributed by atoms with Gasteiger partial charge in [0.05, 0.1) is 0 Å². The van der Waals surface area contributed by atoms with Crippen molar-refractivity contribution in [2.75, 3.05) is 26.2 Å². The summed E-state index contributed by atoms with van der Waals surface area (Å²) in [4.78, 5) is 20.7. The first kappa shape index (κ1) is 15.3. The predicted molar refractivity (Wildman–Crippen MR) is 88.8 cm³/mol. The average Bonchev–Trinajstić information content (AvgIpc) is 3.15. The number of hydrogen-bond acceptors (Lipinski definition) is 3. The predicted octanol–water partition coefficient (Wildman–Crippen LogP) is 2.42. The van der Waals surface area contributed by atoms with Crippen LogP contribution >= 0.6 is 0 Å². The monoisotopic (exact) mass is 325 g/mol. The van der Waals surface area contributed by atoms with E-state index in [2.05, 4.69) is 9.88 Å². The minimum Gasteiger partial charge on any atom is -0.338 e. The van der Waals surface area contributed by atoms with E-state index >= 15 is 0 Å². The van der Waals surface area contributed by atoms with Crippen LogP contribution in [0, 0.1) is 17.7 Å². The molecule has 4 rings (SSSR count). The van der Waals surface area contributed by atoms with Gasteiger partial charge >= 0.3 is 0 Å². The Kier molecular flexibility index (Phi) is 4.02. The normalized spacial score (nSPS) is 23.5. The molecule has 0 N–H and O–H groups in total. The van der Waals surface area contributed by atoms with Gasteiger partial charge in [0.25, 0.3) is 5.91 Å². The average molecular weight is 325 g/mol. The Morgan fingerprint density at radius 3 is 2.38 bits per heavy atom. The first-order chi connectivity index (χ1) is 11.7. The van der Waals surface area contributed by atoms with Crippen molar-refractivity contribution < 1.29 is 9.18 Å². The third kappa shape index (κ3) is 2.91. The van der Waals surface area contributed by atoms with Gasteiger partial charge in [0.2, 0.25) is 0 Å². The van der Waals surface area contributed by atoms with Gasteiger partial charge < -0.3 is 4.90 Å². The number of fused-ring (bicyclic) bond motifs is 1. The molecule has 0 unspecified atom stereocenters. The minimum atomic E-state index is -0.135. The van der Waals surface area contributed by atoms with Crippen LogP contribution in [-0.4, -0.2) is 46.9 Å². The van der Waals surface area contributed by atoms with E-state index in [4.69, 9.17) is 0 Å². The van der Waals surface area contributed by atoms with Crippen molar-refractivity contribution in [1.82, 2.24) is 14.8 Å². The van der Waals surface area contributed by atoms with Crippen LogP contribution in [0.25, 0.3) is 0 Å². The Labute approximate surface area is 140 Å². The summed E-state index contributed by atoms with van der Waals surface area (Å²) in [5.74, 6) is 0.932. The molecular weight excluding hydrogens is 305 g/mol. The highest BCUT2D eigenvalue weighted by atomic mass is 19.1. The van der Waals surface area contributed by atoms with Crippen LogP contribution in [0.3, 0.4) is 0 Å². The second kappa shape index (κ2) is 6.32. The van der Waals surface area contributed by atoms with Crippen molar-refractivity contribution in [3.8, 4) is 0 Å². The van der Waals surface area contributed by atoms with Gasteiger partial charge in [0.15, 0.2) is 0 Å². The zero-order chi connectivity index (χ0) is 16.5. The van der Waals surface area contributed by atoms with E-state index < -0.39 is 0 Å². The van der Waals surface area contributed by atoms with Crippen LogP contribution in [-0.2, 0) is 6.54 Å². The SMILES string of the molecule is O=C(c1ccncc1)N1C[C@H]2CN(Cc3ccccc3F)C[C@H]2C1. The number of carbonyl (C=O) groups excluding carboxylic acids is 1. The lowest BCUT2D eigenvalue weighted by Gasteiger charge is -2.22. The quantitative estimate of drug-likeness (QED) is 0.870. The largest absolute Gasteiger partial charge is 0.338 e. The van der Waals surface area contributed by atoms with E-state index in [9.17, 15) is 9.18 Å². The van der Waals surface area contributed by atoms with E-state index in [0.29, 0.717) is 23.9 Å². The fourth-order valence-electron chi connectivity index (χ4n) is 3.93. The number of carbonyl (C=O) groups is 1. The number of amides is 1. The molecule has 124 valence electrons. The molecule has 2 atom stereocenters. The Morgan fingerprint density at radius 1 is 1.04 bits per heavy atom. The summed E-state index contributed by atoms with van der Waals surface area (Å²) in [6.07, 6.45) is 3.31. The lowest BCUT2D eigenvalue weighted by molar-refractivity contribution is 0.0773. The van der Waals surface area contributed by atoms with Crippen molar-refractivity contribution in [3.05, 3.63) is 65.7 Å². The Balaban J connectivity index is 1.37. The molecule has 0 saturated carbocycles. The lowest BCUT2D eigenvalue weighted by Crippen LogP contribution is -2.33.